The summed E-state index contributed by atoms with van der Waals surface area (Å²) in [5.74, 6) is -4.88. The number of ether oxygens (including phenoxy) is 1. The second-order valence-corrected chi connectivity index (χ2v) is 5.08. The molecule has 0 aromatic heterocycles. The Kier molecular flexibility index (Phi) is 4.60. The number of esters is 1. The van der Waals surface area contributed by atoms with Crippen molar-refractivity contribution in [3.05, 3.63) is 33.6 Å². The Bertz CT molecular complexity index is 728. The molecule has 1 rings (SSSR count). The number of nitrogens with zero attached hydrogens (tertiary/aromatic N) is 1. The van der Waals surface area contributed by atoms with E-state index in [0.29, 0.717) is 6.07 Å². The number of alkyl halides is 3. The molecule has 0 atom stereocenters. The van der Waals surface area contributed by atoms with Crippen LogP contribution in [0.15, 0.2) is 12.1 Å². The molecule has 0 N–H and O–H groups in total. The van der Waals surface area contributed by atoms with Crippen LogP contribution in [-0.2, 0) is 14.9 Å². The number of carbonyl (C=O) groups excluding carboxylic acids is 1. The number of nitro benzene ring substituents is 1. The molecule has 0 aliphatic heterocycles. The average Bonchev–Trinajstić information content (AvgIpc) is 2.37. The van der Waals surface area contributed by atoms with Gasteiger partial charge in [-0.3, -0.25) is 10.1 Å². The summed E-state index contributed by atoms with van der Waals surface area (Å²) in [5, 5.41) is 10.7. The molecule has 0 spiro atoms. The standard InChI is InChI=1S/C9H5F4NO7S/c1-20-8(15)4-2-5(10)7(6(3-4)14(16)17)21-22(18,19)9(11,12)13/h2-3H,1H3. The molecule has 0 bridgehead atoms. The van der Waals surface area contributed by atoms with Gasteiger partial charge in [0.15, 0.2) is 5.82 Å². The molecular formula is C9H5F4NO7S. The Hall–Kier alpha value is -2.44. The summed E-state index contributed by atoms with van der Waals surface area (Å²) in [4.78, 5) is 20.4. The van der Waals surface area contributed by atoms with Crippen molar-refractivity contribution in [2.24, 2.45) is 0 Å². The number of hydrogen-bond donors (Lipinski definition) is 0. The summed E-state index contributed by atoms with van der Waals surface area (Å²) < 4.78 is 79.3. The molecule has 0 radical (unpaired) electrons. The van der Waals surface area contributed by atoms with E-state index < -0.39 is 49.3 Å². The maximum Gasteiger partial charge on any atom is 0.534 e. The van der Waals surface area contributed by atoms with Gasteiger partial charge in [-0.15, -0.1) is 0 Å². The Balaban J connectivity index is 3.50. The van der Waals surface area contributed by atoms with Crippen LogP contribution < -0.4 is 4.18 Å². The highest BCUT2D eigenvalue weighted by atomic mass is 32.2. The molecule has 1 aromatic carbocycles. The molecule has 8 nitrogen and oxygen atoms in total. The van der Waals surface area contributed by atoms with E-state index in [1.807, 2.05) is 0 Å². The van der Waals surface area contributed by atoms with Crippen molar-refractivity contribution in [3.63, 3.8) is 0 Å². The van der Waals surface area contributed by atoms with Gasteiger partial charge in [-0.25, -0.2) is 9.18 Å². The van der Waals surface area contributed by atoms with Gasteiger partial charge >= 0.3 is 27.3 Å². The minimum atomic E-state index is -6.33. The van der Waals surface area contributed by atoms with Gasteiger partial charge in [-0.05, 0) is 6.07 Å². The molecule has 0 heterocycles. The smallest absolute Gasteiger partial charge is 0.465 e. The van der Waals surface area contributed by atoms with Crippen LogP contribution >= 0.6 is 0 Å². The molecule has 0 unspecified atom stereocenters. The lowest BCUT2D eigenvalue weighted by molar-refractivity contribution is -0.385. The molecule has 0 amide bonds. The number of carbonyl (C=O) groups is 1. The Morgan fingerprint density at radius 3 is 2.27 bits per heavy atom. The SMILES string of the molecule is COC(=O)c1cc(F)c(OS(=O)(=O)C(F)(F)F)c([N+](=O)[O-])c1. The number of methoxy groups -OCH3 is 1. The molecule has 0 fully saturated rings. The number of nitro groups is 1. The molecule has 122 valence electrons. The van der Waals surface area contributed by atoms with Crippen LogP contribution in [0, 0.1) is 15.9 Å². The maximum atomic E-state index is 13.6. The van der Waals surface area contributed by atoms with Crippen LogP contribution in [0.3, 0.4) is 0 Å². The Morgan fingerprint density at radius 1 is 1.32 bits per heavy atom. The summed E-state index contributed by atoms with van der Waals surface area (Å²) in [6.45, 7) is 0. The van der Waals surface area contributed by atoms with Gasteiger partial charge in [-0.1, -0.05) is 0 Å². The van der Waals surface area contributed by atoms with E-state index >= 15 is 0 Å². The van der Waals surface area contributed by atoms with Crippen molar-refractivity contribution in [2.45, 2.75) is 5.51 Å². The van der Waals surface area contributed by atoms with Crippen molar-refractivity contribution in [1.82, 2.24) is 0 Å². The van der Waals surface area contributed by atoms with Crippen LogP contribution in [0.2, 0.25) is 0 Å². The molecule has 1 aromatic rings. The van der Waals surface area contributed by atoms with Crippen LogP contribution in [0.5, 0.6) is 5.75 Å². The molecule has 0 saturated heterocycles. The van der Waals surface area contributed by atoms with E-state index in [1.54, 1.807) is 0 Å². The predicted octanol–water partition coefficient (Wildman–Crippen LogP) is 1.75. The molecule has 22 heavy (non-hydrogen) atoms. The summed E-state index contributed by atoms with van der Waals surface area (Å²) in [5.41, 5.74) is -8.13. The van der Waals surface area contributed by atoms with Gasteiger partial charge in [-0.2, -0.15) is 21.6 Å². The third-order valence-electron chi connectivity index (χ3n) is 2.12. The van der Waals surface area contributed by atoms with Crippen molar-refractivity contribution in [1.29, 1.82) is 0 Å². The van der Waals surface area contributed by atoms with E-state index in [2.05, 4.69) is 8.92 Å². The van der Waals surface area contributed by atoms with Gasteiger partial charge in [0.2, 0.25) is 0 Å². The van der Waals surface area contributed by atoms with Gasteiger partial charge in [0, 0.05) is 6.07 Å². The molecule has 0 aliphatic rings. The largest absolute Gasteiger partial charge is 0.534 e. The second-order valence-electron chi connectivity index (χ2n) is 3.54. The minimum Gasteiger partial charge on any atom is -0.465 e. The monoisotopic (exact) mass is 347 g/mol. The fraction of sp³-hybridized carbons (Fsp3) is 0.222. The van der Waals surface area contributed by atoms with E-state index in [1.165, 1.54) is 0 Å². The fourth-order valence-electron chi connectivity index (χ4n) is 1.19. The van der Waals surface area contributed by atoms with Crippen molar-refractivity contribution < 1.29 is 44.6 Å². The van der Waals surface area contributed by atoms with E-state index in [0.717, 1.165) is 7.11 Å². The van der Waals surface area contributed by atoms with Gasteiger partial charge < -0.3 is 8.92 Å². The molecule has 13 heteroatoms. The first kappa shape index (κ1) is 17.6. The third kappa shape index (κ3) is 3.41. The topological polar surface area (TPSA) is 113 Å². The van der Waals surface area contributed by atoms with Crippen LogP contribution in [0.4, 0.5) is 23.2 Å². The van der Waals surface area contributed by atoms with E-state index in [9.17, 15) is 40.9 Å². The van der Waals surface area contributed by atoms with Gasteiger partial charge in [0.25, 0.3) is 5.75 Å². The lowest BCUT2D eigenvalue weighted by Crippen LogP contribution is -2.28. The average molecular weight is 347 g/mol. The highest BCUT2D eigenvalue weighted by molar-refractivity contribution is 7.88. The van der Waals surface area contributed by atoms with E-state index in [-0.39, 0.29) is 6.07 Å². The number of rotatable bonds is 4. The zero-order valence-electron chi connectivity index (χ0n) is 10.4. The third-order valence-corrected chi connectivity index (χ3v) is 3.07. The van der Waals surface area contributed by atoms with Crippen molar-refractivity contribution >= 4 is 21.8 Å². The predicted molar refractivity (Wildman–Crippen MR) is 60.0 cm³/mol. The highest BCUT2D eigenvalue weighted by Gasteiger charge is 2.50. The normalized spacial score (nSPS) is 11.9. The first-order valence-electron chi connectivity index (χ1n) is 4.97. The summed E-state index contributed by atoms with van der Waals surface area (Å²) in [6, 6.07) is 0.552. The Morgan fingerprint density at radius 2 is 1.86 bits per heavy atom. The lowest BCUT2D eigenvalue weighted by Gasteiger charge is -2.11. The maximum absolute atomic E-state index is 13.6. The zero-order chi connectivity index (χ0) is 17.3. The number of benzene rings is 1. The molecular weight excluding hydrogens is 342 g/mol. The fourth-order valence-corrected chi connectivity index (χ4v) is 1.67. The number of hydrogen-bond acceptors (Lipinski definition) is 7. The summed E-state index contributed by atoms with van der Waals surface area (Å²) in [7, 11) is -5.46. The first-order valence-corrected chi connectivity index (χ1v) is 6.38. The van der Waals surface area contributed by atoms with Crippen molar-refractivity contribution in [2.75, 3.05) is 7.11 Å². The lowest BCUT2D eigenvalue weighted by atomic mass is 10.2. The van der Waals surface area contributed by atoms with Crippen LogP contribution in [0.25, 0.3) is 0 Å². The summed E-state index contributed by atoms with van der Waals surface area (Å²) >= 11 is 0. The van der Waals surface area contributed by atoms with Gasteiger partial charge in [0.1, 0.15) is 0 Å². The second kappa shape index (κ2) is 5.75. The van der Waals surface area contributed by atoms with Crippen LogP contribution in [-0.4, -0.2) is 31.9 Å². The number of halogens is 4. The highest BCUT2D eigenvalue weighted by Crippen LogP contribution is 2.36. The Labute approximate surface area is 119 Å². The molecule has 0 aliphatic carbocycles. The minimum absolute atomic E-state index is 0.236. The van der Waals surface area contributed by atoms with Crippen molar-refractivity contribution in [3.8, 4) is 5.75 Å². The van der Waals surface area contributed by atoms with E-state index in [4.69, 9.17) is 0 Å². The van der Waals surface area contributed by atoms with Gasteiger partial charge in [0.05, 0.1) is 17.6 Å². The molecule has 0 saturated carbocycles. The first-order chi connectivity index (χ1) is 9.90. The van der Waals surface area contributed by atoms with Crippen LogP contribution in [0.1, 0.15) is 10.4 Å². The zero-order valence-corrected chi connectivity index (χ0v) is 11.2. The quantitative estimate of drug-likeness (QED) is 0.204. The summed E-state index contributed by atoms with van der Waals surface area (Å²) in [6.07, 6.45) is 0.